The van der Waals surface area contributed by atoms with Crippen LogP contribution in [-0.2, 0) is 0 Å². The van der Waals surface area contributed by atoms with Crippen LogP contribution < -0.4 is 0 Å². The lowest BCUT2D eigenvalue weighted by Crippen LogP contribution is -2.18. The van der Waals surface area contributed by atoms with E-state index in [4.69, 9.17) is 5.10 Å². The molecule has 1 aliphatic carbocycles. The molecule has 3 atom stereocenters. The lowest BCUT2D eigenvalue weighted by Gasteiger charge is -2.28. The van der Waals surface area contributed by atoms with Crippen molar-refractivity contribution >= 4 is 17.7 Å². The summed E-state index contributed by atoms with van der Waals surface area (Å²) in [5, 5.41) is 5.18. The van der Waals surface area contributed by atoms with Gasteiger partial charge in [0.1, 0.15) is 0 Å². The first-order valence-electron chi connectivity index (χ1n) is 11.4. The summed E-state index contributed by atoms with van der Waals surface area (Å²) in [4.78, 5) is 14.7. The Hall–Kier alpha value is -2.33. The number of hydrogen-bond donors (Lipinski definition) is 0. The van der Waals surface area contributed by atoms with Gasteiger partial charge in [0.15, 0.2) is 0 Å². The minimum atomic E-state index is 0.0823. The van der Waals surface area contributed by atoms with Crippen molar-refractivity contribution in [3.05, 3.63) is 71.9 Å². The second kappa shape index (κ2) is 9.44. The van der Waals surface area contributed by atoms with Crippen LogP contribution in [0.15, 0.2) is 65.6 Å². The number of benzene rings is 2. The van der Waals surface area contributed by atoms with E-state index in [-0.39, 0.29) is 11.2 Å². The summed E-state index contributed by atoms with van der Waals surface area (Å²) < 4.78 is 1.74. The number of hydrogen-bond acceptors (Lipinski definition) is 3. The molecule has 3 aromatic rings. The first kappa shape index (κ1) is 21.9. The van der Waals surface area contributed by atoms with Crippen molar-refractivity contribution in [3.63, 3.8) is 0 Å². The van der Waals surface area contributed by atoms with E-state index in [0.29, 0.717) is 24.2 Å². The second-order valence-corrected chi connectivity index (χ2v) is 10.6. The Morgan fingerprint density at radius 3 is 2.32 bits per heavy atom. The third-order valence-corrected chi connectivity index (χ3v) is 7.45. The van der Waals surface area contributed by atoms with E-state index in [9.17, 15) is 4.79 Å². The van der Waals surface area contributed by atoms with Gasteiger partial charge in [-0.05, 0) is 36.8 Å². The van der Waals surface area contributed by atoms with Crippen LogP contribution in [0.4, 0.5) is 0 Å². The predicted molar refractivity (Wildman–Crippen MR) is 130 cm³/mol. The average Bonchev–Trinajstić information content (AvgIpc) is 3.16. The van der Waals surface area contributed by atoms with Gasteiger partial charge in [-0.3, -0.25) is 4.79 Å². The molecule has 0 spiro atoms. The van der Waals surface area contributed by atoms with Gasteiger partial charge in [0.05, 0.1) is 11.4 Å². The fraction of sp³-hybridized carbons (Fsp3) is 0.407. The molecule has 3 nitrogen and oxygen atoms in total. The number of rotatable bonds is 6. The molecule has 0 aliphatic heterocycles. The Morgan fingerprint density at radius 1 is 1.03 bits per heavy atom. The zero-order valence-corrected chi connectivity index (χ0v) is 19.7. The molecule has 1 aliphatic rings. The van der Waals surface area contributed by atoms with Gasteiger partial charge in [0.25, 0.3) is 0 Å². The zero-order chi connectivity index (χ0) is 22.0. The Labute approximate surface area is 190 Å². The summed E-state index contributed by atoms with van der Waals surface area (Å²) in [6.07, 6.45) is 2.75. The first-order chi connectivity index (χ1) is 15.0. The van der Waals surface area contributed by atoms with Gasteiger partial charge in [-0.25, -0.2) is 0 Å². The number of carbonyl (C=O) groups is 1. The third-order valence-electron chi connectivity index (χ3n) is 6.34. The van der Waals surface area contributed by atoms with Crippen molar-refractivity contribution in [1.29, 1.82) is 0 Å². The van der Waals surface area contributed by atoms with E-state index >= 15 is 0 Å². The number of fused-ring (bicyclic) bond motifs is 1. The monoisotopic (exact) mass is 432 g/mol. The third kappa shape index (κ3) is 4.64. The van der Waals surface area contributed by atoms with Gasteiger partial charge in [-0.15, -0.1) is 11.8 Å². The minimum Gasteiger partial charge on any atom is -0.273 e. The standard InChI is InChI=1S/C27H32N2OS/c1-18(2)23-16-15-19(3)25-26(23)28-29(27(25)21-11-7-5-8-12-21)24(30)17-20(4)31-22-13-9-6-10-14-22/h5-14,18-20,23H,15-17H2,1-4H3/t19-,20?,23+/m1/s1. The molecule has 0 saturated carbocycles. The Kier molecular flexibility index (Phi) is 6.66. The summed E-state index contributed by atoms with van der Waals surface area (Å²) in [7, 11) is 0. The highest BCUT2D eigenvalue weighted by Gasteiger charge is 2.35. The summed E-state index contributed by atoms with van der Waals surface area (Å²) in [5.74, 6) is 1.43. The van der Waals surface area contributed by atoms with E-state index in [0.717, 1.165) is 29.8 Å². The molecule has 1 aromatic heterocycles. The first-order valence-corrected chi connectivity index (χ1v) is 12.3. The maximum absolute atomic E-state index is 13.5. The maximum Gasteiger partial charge on any atom is 0.248 e. The molecule has 1 heterocycles. The normalized spacial score (nSPS) is 19.3. The van der Waals surface area contributed by atoms with Crippen molar-refractivity contribution in [1.82, 2.24) is 9.78 Å². The Balaban J connectivity index is 1.71. The SMILES string of the molecule is CC(CC(=O)n1nc2c(c1-c1ccccc1)[C@H](C)CC[C@H]2C(C)C)Sc1ccccc1. The van der Waals surface area contributed by atoms with E-state index in [1.807, 2.05) is 36.4 Å². The quantitative estimate of drug-likeness (QED) is 0.381. The van der Waals surface area contributed by atoms with Gasteiger partial charge >= 0.3 is 0 Å². The molecule has 4 rings (SSSR count). The molecule has 0 N–H and O–H groups in total. The predicted octanol–water partition coefficient (Wildman–Crippen LogP) is 7.40. The van der Waals surface area contributed by atoms with E-state index in [2.05, 4.69) is 52.0 Å². The molecule has 1 unspecified atom stereocenters. The molecule has 0 fully saturated rings. The summed E-state index contributed by atoms with van der Waals surface area (Å²) in [6, 6.07) is 20.6. The highest BCUT2D eigenvalue weighted by molar-refractivity contribution is 8.00. The van der Waals surface area contributed by atoms with Gasteiger partial charge in [-0.1, -0.05) is 76.2 Å². The van der Waals surface area contributed by atoms with E-state index in [1.54, 1.807) is 16.4 Å². The van der Waals surface area contributed by atoms with Crippen molar-refractivity contribution in [3.8, 4) is 11.3 Å². The number of aromatic nitrogens is 2. The van der Waals surface area contributed by atoms with Crippen LogP contribution in [0.2, 0.25) is 0 Å². The van der Waals surface area contributed by atoms with Crippen LogP contribution in [-0.4, -0.2) is 20.9 Å². The summed E-state index contributed by atoms with van der Waals surface area (Å²) in [6.45, 7) is 8.95. The van der Waals surface area contributed by atoms with Crippen LogP contribution >= 0.6 is 11.8 Å². The fourth-order valence-corrected chi connectivity index (χ4v) is 5.73. The number of nitrogens with zero attached hydrogens (tertiary/aromatic N) is 2. The minimum absolute atomic E-state index is 0.0823. The van der Waals surface area contributed by atoms with Crippen LogP contribution in [0.3, 0.4) is 0 Å². The molecule has 0 bridgehead atoms. The van der Waals surface area contributed by atoms with Crippen molar-refractivity contribution in [2.24, 2.45) is 5.92 Å². The molecule has 0 saturated heterocycles. The lowest BCUT2D eigenvalue weighted by molar-refractivity contribution is 0.0889. The van der Waals surface area contributed by atoms with E-state index < -0.39 is 0 Å². The van der Waals surface area contributed by atoms with Crippen LogP contribution in [0.25, 0.3) is 11.3 Å². The zero-order valence-electron chi connectivity index (χ0n) is 18.9. The average molecular weight is 433 g/mol. The van der Waals surface area contributed by atoms with Crippen LogP contribution in [0.1, 0.15) is 74.8 Å². The fourth-order valence-electron chi connectivity index (χ4n) is 4.73. The maximum atomic E-state index is 13.5. The number of carbonyl (C=O) groups excluding carboxylic acids is 1. The molecule has 0 radical (unpaired) electrons. The molecular formula is C27H32N2OS. The molecule has 0 amide bonds. The van der Waals surface area contributed by atoms with Crippen molar-refractivity contribution < 1.29 is 4.79 Å². The molecule has 4 heteroatoms. The molecule has 162 valence electrons. The van der Waals surface area contributed by atoms with Gasteiger partial charge in [0.2, 0.25) is 5.91 Å². The van der Waals surface area contributed by atoms with Gasteiger partial charge < -0.3 is 0 Å². The second-order valence-electron chi connectivity index (χ2n) is 9.09. The van der Waals surface area contributed by atoms with E-state index in [1.165, 1.54) is 10.5 Å². The van der Waals surface area contributed by atoms with Crippen molar-refractivity contribution in [2.75, 3.05) is 0 Å². The largest absolute Gasteiger partial charge is 0.273 e. The highest BCUT2D eigenvalue weighted by Crippen LogP contribution is 2.46. The Morgan fingerprint density at radius 2 is 1.68 bits per heavy atom. The highest BCUT2D eigenvalue weighted by atomic mass is 32.2. The molecular weight excluding hydrogens is 400 g/mol. The smallest absolute Gasteiger partial charge is 0.248 e. The topological polar surface area (TPSA) is 34.9 Å². The molecule has 31 heavy (non-hydrogen) atoms. The van der Waals surface area contributed by atoms with Crippen molar-refractivity contribution in [2.45, 2.75) is 68.9 Å². The Bertz CT molecular complexity index is 1030. The van der Waals surface area contributed by atoms with Gasteiger partial charge in [-0.2, -0.15) is 9.78 Å². The lowest BCUT2D eigenvalue weighted by atomic mass is 9.75. The molecule has 2 aromatic carbocycles. The number of thioether (sulfide) groups is 1. The van der Waals surface area contributed by atoms with Crippen LogP contribution in [0, 0.1) is 5.92 Å². The van der Waals surface area contributed by atoms with Crippen LogP contribution in [0.5, 0.6) is 0 Å². The summed E-state index contributed by atoms with van der Waals surface area (Å²) in [5.41, 5.74) is 4.52. The van der Waals surface area contributed by atoms with Gasteiger partial charge in [0, 0.05) is 33.6 Å². The summed E-state index contributed by atoms with van der Waals surface area (Å²) >= 11 is 1.75.